The van der Waals surface area contributed by atoms with Crippen molar-refractivity contribution in [1.29, 1.82) is 0 Å². The van der Waals surface area contributed by atoms with E-state index in [1.807, 2.05) is 11.8 Å². The second kappa shape index (κ2) is 6.24. The highest BCUT2D eigenvalue weighted by molar-refractivity contribution is 7.99. The monoisotopic (exact) mass is 276 g/mol. The lowest BCUT2D eigenvalue weighted by Crippen LogP contribution is -2.32. The van der Waals surface area contributed by atoms with E-state index in [0.717, 1.165) is 18.7 Å². The molecule has 0 radical (unpaired) electrons. The molecule has 0 aromatic carbocycles. The van der Waals surface area contributed by atoms with Crippen LogP contribution in [0.3, 0.4) is 0 Å². The van der Waals surface area contributed by atoms with Crippen molar-refractivity contribution in [3.05, 3.63) is 16.1 Å². The standard InChI is InChI=1S/C11H17ClN2S2/c1-14-5-6-15-8-10(14)11-13-9(7-16-11)3-2-4-12/h7,10H,2-6,8H2,1H3. The molecule has 90 valence electrons. The Hall–Kier alpha value is 0.230. The van der Waals surface area contributed by atoms with Gasteiger partial charge in [0.25, 0.3) is 0 Å². The van der Waals surface area contributed by atoms with Crippen molar-refractivity contribution in [1.82, 2.24) is 9.88 Å². The fourth-order valence-electron chi connectivity index (χ4n) is 1.78. The lowest BCUT2D eigenvalue weighted by molar-refractivity contribution is 0.274. The number of thioether (sulfide) groups is 1. The Bertz CT molecular complexity index is 330. The van der Waals surface area contributed by atoms with Gasteiger partial charge in [0.1, 0.15) is 5.01 Å². The fraction of sp³-hybridized carbons (Fsp3) is 0.727. The predicted molar refractivity (Wildman–Crippen MR) is 73.9 cm³/mol. The van der Waals surface area contributed by atoms with E-state index in [1.165, 1.54) is 28.8 Å². The SMILES string of the molecule is CN1CCSCC1c1nc(CCCCl)cs1. The Balaban J connectivity index is 1.99. The minimum atomic E-state index is 0.522. The first-order chi connectivity index (χ1) is 7.81. The van der Waals surface area contributed by atoms with Crippen LogP contribution in [0.1, 0.15) is 23.2 Å². The molecule has 5 heteroatoms. The average Bonchev–Trinajstić information content (AvgIpc) is 2.75. The zero-order valence-electron chi connectivity index (χ0n) is 9.49. The first-order valence-corrected chi connectivity index (χ1v) is 8.16. The second-order valence-corrected chi connectivity index (χ2v) is 6.46. The van der Waals surface area contributed by atoms with Crippen LogP contribution in [0.4, 0.5) is 0 Å². The minimum absolute atomic E-state index is 0.522. The molecule has 0 spiro atoms. The van der Waals surface area contributed by atoms with E-state index in [9.17, 15) is 0 Å². The number of alkyl halides is 1. The molecule has 0 aliphatic carbocycles. The number of aromatic nitrogens is 1. The number of halogens is 1. The van der Waals surface area contributed by atoms with E-state index in [-0.39, 0.29) is 0 Å². The summed E-state index contributed by atoms with van der Waals surface area (Å²) in [5, 5.41) is 3.47. The molecule has 1 atom stereocenters. The summed E-state index contributed by atoms with van der Waals surface area (Å²) in [6, 6.07) is 0.522. The van der Waals surface area contributed by atoms with Crippen LogP contribution in [0.15, 0.2) is 5.38 Å². The Morgan fingerprint density at radius 2 is 2.50 bits per heavy atom. The lowest BCUT2D eigenvalue weighted by Gasteiger charge is -2.30. The van der Waals surface area contributed by atoms with Crippen LogP contribution in [0, 0.1) is 0 Å². The van der Waals surface area contributed by atoms with Crippen molar-refractivity contribution in [2.75, 3.05) is 31.0 Å². The molecular weight excluding hydrogens is 260 g/mol. The van der Waals surface area contributed by atoms with E-state index in [0.29, 0.717) is 6.04 Å². The van der Waals surface area contributed by atoms with Gasteiger partial charge < -0.3 is 0 Å². The number of rotatable bonds is 4. The summed E-state index contributed by atoms with van der Waals surface area (Å²) in [6.45, 7) is 1.17. The summed E-state index contributed by atoms with van der Waals surface area (Å²) in [4.78, 5) is 7.14. The molecule has 1 unspecified atom stereocenters. The van der Waals surface area contributed by atoms with Crippen molar-refractivity contribution < 1.29 is 0 Å². The van der Waals surface area contributed by atoms with Gasteiger partial charge in [0.15, 0.2) is 0 Å². The Morgan fingerprint density at radius 3 is 3.25 bits per heavy atom. The Labute approximate surface area is 110 Å². The van der Waals surface area contributed by atoms with Gasteiger partial charge in [0.2, 0.25) is 0 Å². The van der Waals surface area contributed by atoms with Crippen LogP contribution in [0.5, 0.6) is 0 Å². The van der Waals surface area contributed by atoms with E-state index < -0.39 is 0 Å². The van der Waals surface area contributed by atoms with E-state index in [1.54, 1.807) is 11.3 Å². The maximum atomic E-state index is 5.69. The Morgan fingerprint density at radius 1 is 1.62 bits per heavy atom. The third-order valence-corrected chi connectivity index (χ3v) is 5.10. The fourth-order valence-corrected chi connectivity index (χ4v) is 4.26. The maximum Gasteiger partial charge on any atom is 0.111 e. The smallest absolute Gasteiger partial charge is 0.111 e. The number of aryl methyl sites for hydroxylation is 1. The van der Waals surface area contributed by atoms with Crippen molar-refractivity contribution in [2.45, 2.75) is 18.9 Å². The number of nitrogens with zero attached hydrogens (tertiary/aromatic N) is 2. The van der Waals surface area contributed by atoms with E-state index in [4.69, 9.17) is 16.6 Å². The third-order valence-electron chi connectivity index (χ3n) is 2.82. The zero-order valence-corrected chi connectivity index (χ0v) is 11.9. The number of hydrogen-bond donors (Lipinski definition) is 0. The molecule has 0 bridgehead atoms. The maximum absolute atomic E-state index is 5.69. The van der Waals surface area contributed by atoms with E-state index >= 15 is 0 Å². The largest absolute Gasteiger partial charge is 0.296 e. The lowest BCUT2D eigenvalue weighted by atomic mass is 10.2. The van der Waals surface area contributed by atoms with Crippen molar-refractivity contribution in [3.63, 3.8) is 0 Å². The van der Waals surface area contributed by atoms with E-state index in [2.05, 4.69) is 17.3 Å². The number of thiazole rings is 1. The highest BCUT2D eigenvalue weighted by Gasteiger charge is 2.23. The van der Waals surface area contributed by atoms with Gasteiger partial charge in [-0.2, -0.15) is 11.8 Å². The van der Waals surface area contributed by atoms with Crippen LogP contribution in [0.2, 0.25) is 0 Å². The van der Waals surface area contributed by atoms with Crippen LogP contribution in [-0.2, 0) is 6.42 Å². The van der Waals surface area contributed by atoms with Crippen LogP contribution >= 0.6 is 34.7 Å². The van der Waals surface area contributed by atoms with Gasteiger partial charge in [-0.1, -0.05) is 0 Å². The average molecular weight is 277 g/mol. The molecule has 0 N–H and O–H groups in total. The normalized spacial score (nSPS) is 22.5. The van der Waals surface area contributed by atoms with Gasteiger partial charge in [-0.3, -0.25) is 4.90 Å². The molecule has 1 aromatic heterocycles. The summed E-state index contributed by atoms with van der Waals surface area (Å²) in [6.07, 6.45) is 2.05. The Kier molecular flexibility index (Phi) is 4.95. The van der Waals surface area contributed by atoms with Crippen LogP contribution in [0.25, 0.3) is 0 Å². The number of hydrogen-bond acceptors (Lipinski definition) is 4. The van der Waals surface area contributed by atoms with Gasteiger partial charge >= 0.3 is 0 Å². The molecule has 1 aliphatic heterocycles. The third kappa shape index (κ3) is 3.13. The summed E-state index contributed by atoms with van der Waals surface area (Å²) in [5.41, 5.74) is 1.21. The summed E-state index contributed by atoms with van der Waals surface area (Å²) < 4.78 is 0. The highest BCUT2D eigenvalue weighted by atomic mass is 35.5. The summed E-state index contributed by atoms with van der Waals surface area (Å²) in [7, 11) is 2.20. The van der Waals surface area contributed by atoms with Crippen molar-refractivity contribution in [2.24, 2.45) is 0 Å². The first kappa shape index (κ1) is 12.7. The van der Waals surface area contributed by atoms with Gasteiger partial charge in [-0.25, -0.2) is 4.98 Å². The van der Waals surface area contributed by atoms with Gasteiger partial charge in [0.05, 0.1) is 11.7 Å². The topological polar surface area (TPSA) is 16.1 Å². The quantitative estimate of drug-likeness (QED) is 0.787. The molecule has 2 nitrogen and oxygen atoms in total. The van der Waals surface area contributed by atoms with Gasteiger partial charge in [-0.05, 0) is 19.9 Å². The second-order valence-electron chi connectivity index (χ2n) is 4.04. The van der Waals surface area contributed by atoms with Gasteiger partial charge in [-0.15, -0.1) is 22.9 Å². The highest BCUT2D eigenvalue weighted by Crippen LogP contribution is 2.30. The van der Waals surface area contributed by atoms with Crippen LogP contribution < -0.4 is 0 Å². The summed E-state index contributed by atoms with van der Waals surface area (Å²) in [5.74, 6) is 3.16. The molecule has 1 aromatic rings. The molecule has 1 saturated heterocycles. The molecule has 2 rings (SSSR count). The van der Waals surface area contributed by atoms with Gasteiger partial charge in [0, 0.05) is 29.3 Å². The molecule has 2 heterocycles. The van der Waals surface area contributed by atoms with Crippen LogP contribution in [-0.4, -0.2) is 40.9 Å². The van der Waals surface area contributed by atoms with Crippen molar-refractivity contribution in [3.8, 4) is 0 Å². The predicted octanol–water partition coefficient (Wildman–Crippen LogP) is 3.03. The first-order valence-electron chi connectivity index (χ1n) is 5.59. The molecule has 1 aliphatic rings. The minimum Gasteiger partial charge on any atom is -0.296 e. The molecule has 1 fully saturated rings. The molecular formula is C11H17ClN2S2. The zero-order chi connectivity index (χ0) is 11.4. The molecule has 0 saturated carbocycles. The summed E-state index contributed by atoms with van der Waals surface area (Å²) >= 11 is 9.53. The molecule has 0 amide bonds. The molecule has 16 heavy (non-hydrogen) atoms. The van der Waals surface area contributed by atoms with Crippen molar-refractivity contribution >= 4 is 34.7 Å².